The third-order valence-electron chi connectivity index (χ3n) is 4.83. The van der Waals surface area contributed by atoms with E-state index in [1.807, 2.05) is 6.07 Å². The number of carbonyl (C=O) groups is 1. The molecule has 0 bridgehead atoms. The Balaban J connectivity index is 0.00000392. The van der Waals surface area contributed by atoms with E-state index in [0.717, 1.165) is 12.0 Å². The van der Waals surface area contributed by atoms with Crippen molar-refractivity contribution in [2.45, 2.75) is 46.1 Å². The highest BCUT2D eigenvalue weighted by molar-refractivity contribution is 5.85. The number of H-pyrrole nitrogens is 1. The van der Waals surface area contributed by atoms with E-state index in [-0.39, 0.29) is 48.7 Å². The summed E-state index contributed by atoms with van der Waals surface area (Å²) in [6, 6.07) is 3.71. The molecule has 1 atom stereocenters. The topological polar surface area (TPSA) is 105 Å². The van der Waals surface area contributed by atoms with Gasteiger partial charge in [-0.2, -0.15) is 0 Å². The van der Waals surface area contributed by atoms with Crippen LogP contribution in [0.25, 0.3) is 11.4 Å². The van der Waals surface area contributed by atoms with Gasteiger partial charge >= 0.3 is 0 Å². The summed E-state index contributed by atoms with van der Waals surface area (Å²) >= 11 is 0. The molecule has 0 spiro atoms. The van der Waals surface area contributed by atoms with Gasteiger partial charge in [0.1, 0.15) is 5.82 Å². The van der Waals surface area contributed by atoms with Gasteiger partial charge in [0.2, 0.25) is 5.91 Å². The van der Waals surface area contributed by atoms with E-state index in [0.29, 0.717) is 36.0 Å². The average molecular weight is 444 g/mol. The van der Waals surface area contributed by atoms with Crippen molar-refractivity contribution in [1.82, 2.24) is 19.9 Å². The number of amides is 1. The number of hydrogen-bond donors (Lipinski definition) is 2. The monoisotopic (exact) mass is 443 g/mol. The van der Waals surface area contributed by atoms with Crippen LogP contribution in [-0.2, 0) is 11.2 Å². The highest BCUT2D eigenvalue weighted by atomic mass is 35.5. The fourth-order valence-electron chi connectivity index (χ4n) is 2.77. The summed E-state index contributed by atoms with van der Waals surface area (Å²) in [7, 11) is 1.77. The summed E-state index contributed by atoms with van der Waals surface area (Å²) in [5.74, 6) is 0.876. The molecule has 9 heteroatoms. The number of nitrogens with two attached hydrogens (primary N) is 1. The first-order chi connectivity index (χ1) is 12.8. The number of aromatic amines is 1. The van der Waals surface area contributed by atoms with Crippen molar-refractivity contribution in [3.05, 3.63) is 46.1 Å². The standard InChI is InChI=1S/C20H29N5O2.2ClH/c1-13(2)17(21)9-11-25(4)18(26)8-7-16-14(3)23-19(24-20(16)27)15-6-5-10-22-12-15;;/h5-6,10,12-13,17H,7-9,11,21H2,1-4H3,(H,23,24,27);2*1H. The van der Waals surface area contributed by atoms with Gasteiger partial charge in [0.25, 0.3) is 5.56 Å². The Morgan fingerprint density at radius 1 is 1.31 bits per heavy atom. The fourth-order valence-corrected chi connectivity index (χ4v) is 2.77. The van der Waals surface area contributed by atoms with Crippen molar-refractivity contribution >= 4 is 30.7 Å². The molecule has 2 aromatic heterocycles. The molecule has 0 aliphatic heterocycles. The lowest BCUT2D eigenvalue weighted by Gasteiger charge is -2.21. The minimum absolute atomic E-state index is 0. The molecule has 0 saturated heterocycles. The third kappa shape index (κ3) is 7.76. The molecule has 0 aliphatic rings. The van der Waals surface area contributed by atoms with Crippen molar-refractivity contribution in [2.75, 3.05) is 13.6 Å². The van der Waals surface area contributed by atoms with Gasteiger partial charge in [0.05, 0.1) is 0 Å². The Kier molecular flexibility index (Phi) is 11.7. The molecule has 0 aliphatic carbocycles. The number of hydrogen-bond acceptors (Lipinski definition) is 5. The molecule has 2 aromatic rings. The molecule has 1 amide bonds. The van der Waals surface area contributed by atoms with Gasteiger partial charge < -0.3 is 15.6 Å². The van der Waals surface area contributed by atoms with Gasteiger partial charge in [0.15, 0.2) is 0 Å². The van der Waals surface area contributed by atoms with Crippen LogP contribution in [0.4, 0.5) is 0 Å². The maximum absolute atomic E-state index is 12.4. The quantitative estimate of drug-likeness (QED) is 0.652. The molecular weight excluding hydrogens is 413 g/mol. The summed E-state index contributed by atoms with van der Waals surface area (Å²) in [5.41, 5.74) is 7.76. The van der Waals surface area contributed by atoms with Crippen LogP contribution in [0.5, 0.6) is 0 Å². The van der Waals surface area contributed by atoms with E-state index in [1.54, 1.807) is 37.3 Å². The Morgan fingerprint density at radius 3 is 2.55 bits per heavy atom. The third-order valence-corrected chi connectivity index (χ3v) is 4.83. The molecule has 2 rings (SSSR count). The number of halogens is 2. The summed E-state index contributed by atoms with van der Waals surface area (Å²) in [5, 5.41) is 0. The molecule has 29 heavy (non-hydrogen) atoms. The molecule has 3 N–H and O–H groups in total. The molecule has 0 aromatic carbocycles. The maximum atomic E-state index is 12.4. The average Bonchev–Trinajstić information content (AvgIpc) is 2.65. The second kappa shape index (κ2) is 12.6. The van der Waals surface area contributed by atoms with Gasteiger partial charge in [-0.3, -0.25) is 14.6 Å². The summed E-state index contributed by atoms with van der Waals surface area (Å²) in [4.78, 5) is 37.8. The van der Waals surface area contributed by atoms with Crippen LogP contribution < -0.4 is 11.3 Å². The van der Waals surface area contributed by atoms with Crippen LogP contribution >= 0.6 is 24.8 Å². The number of rotatable bonds is 8. The van der Waals surface area contributed by atoms with E-state index >= 15 is 0 Å². The van der Waals surface area contributed by atoms with Crippen molar-refractivity contribution in [3.8, 4) is 11.4 Å². The highest BCUT2D eigenvalue weighted by Crippen LogP contribution is 2.13. The second-order valence-electron chi connectivity index (χ2n) is 7.23. The molecule has 7 nitrogen and oxygen atoms in total. The predicted octanol–water partition coefficient (Wildman–Crippen LogP) is 2.75. The predicted molar refractivity (Wildman–Crippen MR) is 121 cm³/mol. The number of aromatic nitrogens is 3. The zero-order chi connectivity index (χ0) is 20.0. The van der Waals surface area contributed by atoms with Crippen LogP contribution in [-0.4, -0.2) is 45.4 Å². The molecule has 0 radical (unpaired) electrons. The van der Waals surface area contributed by atoms with Crippen LogP contribution in [0, 0.1) is 12.8 Å². The van der Waals surface area contributed by atoms with Gasteiger partial charge in [-0.25, -0.2) is 4.98 Å². The van der Waals surface area contributed by atoms with Crippen molar-refractivity contribution in [1.29, 1.82) is 0 Å². The van der Waals surface area contributed by atoms with Gasteiger partial charge in [-0.1, -0.05) is 13.8 Å². The lowest BCUT2D eigenvalue weighted by Crippen LogP contribution is -2.35. The summed E-state index contributed by atoms with van der Waals surface area (Å²) in [6.07, 6.45) is 4.71. The Labute approximate surface area is 184 Å². The first-order valence-electron chi connectivity index (χ1n) is 9.29. The van der Waals surface area contributed by atoms with E-state index in [1.165, 1.54) is 0 Å². The summed E-state index contributed by atoms with van der Waals surface area (Å²) < 4.78 is 0. The van der Waals surface area contributed by atoms with E-state index in [4.69, 9.17) is 5.73 Å². The van der Waals surface area contributed by atoms with Gasteiger partial charge in [0, 0.05) is 55.3 Å². The molecule has 162 valence electrons. The molecule has 0 fully saturated rings. The molecule has 2 heterocycles. The molecule has 0 saturated carbocycles. The Hall–Kier alpha value is -1.96. The lowest BCUT2D eigenvalue weighted by molar-refractivity contribution is -0.129. The lowest BCUT2D eigenvalue weighted by atomic mass is 10.0. The van der Waals surface area contributed by atoms with E-state index < -0.39 is 0 Å². The molecule has 1 unspecified atom stereocenters. The fraction of sp³-hybridized carbons (Fsp3) is 0.500. The largest absolute Gasteiger partial charge is 0.346 e. The minimum Gasteiger partial charge on any atom is -0.346 e. The minimum atomic E-state index is -0.210. The van der Waals surface area contributed by atoms with Crippen molar-refractivity contribution < 1.29 is 4.79 Å². The van der Waals surface area contributed by atoms with Crippen molar-refractivity contribution in [3.63, 3.8) is 0 Å². The number of carbonyl (C=O) groups excluding carboxylic acids is 1. The Bertz CT molecular complexity index is 827. The van der Waals surface area contributed by atoms with Crippen LogP contribution in [0.3, 0.4) is 0 Å². The number of pyridine rings is 1. The molecular formula is C20H31Cl2N5O2. The number of nitrogens with zero attached hydrogens (tertiary/aromatic N) is 3. The highest BCUT2D eigenvalue weighted by Gasteiger charge is 2.15. The van der Waals surface area contributed by atoms with E-state index in [9.17, 15) is 9.59 Å². The maximum Gasteiger partial charge on any atom is 0.254 e. The SMILES string of the molecule is Cc1nc(-c2cccnc2)[nH]c(=O)c1CCC(=O)N(C)CCC(N)C(C)C.Cl.Cl. The van der Waals surface area contributed by atoms with Gasteiger partial charge in [-0.15, -0.1) is 24.8 Å². The van der Waals surface area contributed by atoms with Crippen LogP contribution in [0.2, 0.25) is 0 Å². The first kappa shape index (κ1) is 27.0. The zero-order valence-electron chi connectivity index (χ0n) is 17.3. The number of aryl methyl sites for hydroxylation is 1. The Morgan fingerprint density at radius 2 is 2.00 bits per heavy atom. The van der Waals surface area contributed by atoms with Crippen LogP contribution in [0.1, 0.15) is 37.9 Å². The second-order valence-corrected chi connectivity index (χ2v) is 7.23. The smallest absolute Gasteiger partial charge is 0.254 e. The first-order valence-corrected chi connectivity index (χ1v) is 9.29. The zero-order valence-corrected chi connectivity index (χ0v) is 19.0. The van der Waals surface area contributed by atoms with Crippen molar-refractivity contribution in [2.24, 2.45) is 11.7 Å². The van der Waals surface area contributed by atoms with E-state index in [2.05, 4.69) is 28.8 Å². The van der Waals surface area contributed by atoms with Crippen LogP contribution in [0.15, 0.2) is 29.3 Å². The number of nitrogens with one attached hydrogen (secondary N) is 1. The summed E-state index contributed by atoms with van der Waals surface area (Å²) in [6.45, 7) is 6.55. The van der Waals surface area contributed by atoms with Gasteiger partial charge in [-0.05, 0) is 37.8 Å². The normalized spacial score (nSPS) is 11.4.